The minimum Gasteiger partial charge on any atom is -0.264 e. The molecule has 6 heteroatoms. The Hall–Kier alpha value is -2.08. The van der Waals surface area contributed by atoms with Crippen LogP contribution in [0.3, 0.4) is 0 Å². The van der Waals surface area contributed by atoms with Crippen LogP contribution in [0.2, 0.25) is 0 Å². The summed E-state index contributed by atoms with van der Waals surface area (Å²) >= 11 is 1.71. The second-order valence-corrected chi connectivity index (χ2v) is 5.62. The van der Waals surface area contributed by atoms with Gasteiger partial charge in [0, 0.05) is 29.3 Å². The molecule has 0 radical (unpaired) electrons. The normalized spacial score (nSPS) is 13.1. The molecule has 0 unspecified atom stereocenters. The van der Waals surface area contributed by atoms with Gasteiger partial charge in [-0.1, -0.05) is 5.16 Å². The molecule has 0 amide bonds. The predicted molar refractivity (Wildman–Crippen MR) is 70.8 cm³/mol. The SMILES string of the molecule is Cc1ccncc1-c1nc2c(s1)CCc1nonc1-2. The molecule has 94 valence electrons. The lowest BCUT2D eigenvalue weighted by Gasteiger charge is -2.04. The summed E-state index contributed by atoms with van der Waals surface area (Å²) in [4.78, 5) is 10.1. The summed E-state index contributed by atoms with van der Waals surface area (Å²) in [5, 5.41) is 8.88. The maximum absolute atomic E-state index is 4.82. The van der Waals surface area contributed by atoms with Crippen molar-refractivity contribution in [2.24, 2.45) is 0 Å². The van der Waals surface area contributed by atoms with E-state index in [2.05, 4.69) is 22.2 Å². The third kappa shape index (κ3) is 1.60. The van der Waals surface area contributed by atoms with Gasteiger partial charge in [0.1, 0.15) is 16.4 Å². The largest absolute Gasteiger partial charge is 0.264 e. The van der Waals surface area contributed by atoms with Crippen molar-refractivity contribution in [1.29, 1.82) is 0 Å². The number of aromatic nitrogens is 4. The summed E-state index contributed by atoms with van der Waals surface area (Å²) in [5.74, 6) is 0. The van der Waals surface area contributed by atoms with Crippen LogP contribution in [0.25, 0.3) is 22.0 Å². The highest BCUT2D eigenvalue weighted by Gasteiger charge is 2.26. The molecule has 0 saturated carbocycles. The molecular weight excluding hydrogens is 260 g/mol. The smallest absolute Gasteiger partial charge is 0.157 e. The molecule has 0 N–H and O–H groups in total. The molecule has 5 nitrogen and oxygen atoms in total. The fourth-order valence-corrected chi connectivity index (χ4v) is 3.43. The van der Waals surface area contributed by atoms with E-state index in [-0.39, 0.29) is 0 Å². The molecule has 19 heavy (non-hydrogen) atoms. The number of hydrogen-bond donors (Lipinski definition) is 0. The summed E-state index contributed by atoms with van der Waals surface area (Å²) < 4.78 is 4.82. The molecule has 0 bridgehead atoms. The molecule has 0 atom stereocenters. The molecule has 1 aliphatic carbocycles. The van der Waals surface area contributed by atoms with Crippen LogP contribution in [0, 0.1) is 6.92 Å². The van der Waals surface area contributed by atoms with Gasteiger partial charge in [0.05, 0.1) is 0 Å². The van der Waals surface area contributed by atoms with Crippen molar-refractivity contribution in [3.8, 4) is 22.0 Å². The van der Waals surface area contributed by atoms with Crippen LogP contribution in [0.5, 0.6) is 0 Å². The molecule has 0 spiro atoms. The van der Waals surface area contributed by atoms with Gasteiger partial charge >= 0.3 is 0 Å². The third-order valence-electron chi connectivity index (χ3n) is 3.34. The fraction of sp³-hybridized carbons (Fsp3) is 0.231. The van der Waals surface area contributed by atoms with Gasteiger partial charge in [-0.3, -0.25) is 4.98 Å². The van der Waals surface area contributed by atoms with Crippen LogP contribution in [-0.4, -0.2) is 20.3 Å². The number of rotatable bonds is 1. The van der Waals surface area contributed by atoms with Gasteiger partial charge in [0.15, 0.2) is 5.69 Å². The number of aryl methyl sites for hydroxylation is 3. The van der Waals surface area contributed by atoms with E-state index in [1.54, 1.807) is 17.5 Å². The topological polar surface area (TPSA) is 64.7 Å². The molecule has 0 aromatic carbocycles. The van der Waals surface area contributed by atoms with Gasteiger partial charge in [0.25, 0.3) is 0 Å². The van der Waals surface area contributed by atoms with Crippen LogP contribution in [-0.2, 0) is 12.8 Å². The lowest BCUT2D eigenvalue weighted by molar-refractivity contribution is 0.304. The third-order valence-corrected chi connectivity index (χ3v) is 4.48. The zero-order chi connectivity index (χ0) is 12.8. The number of nitrogens with zero attached hydrogens (tertiary/aromatic N) is 4. The average Bonchev–Trinajstić information content (AvgIpc) is 3.04. The summed E-state index contributed by atoms with van der Waals surface area (Å²) in [6.45, 7) is 2.07. The molecule has 0 saturated heterocycles. The molecule has 3 aromatic rings. The second-order valence-electron chi connectivity index (χ2n) is 4.54. The van der Waals surface area contributed by atoms with Gasteiger partial charge in [-0.2, -0.15) is 0 Å². The Balaban J connectivity index is 1.89. The van der Waals surface area contributed by atoms with Crippen molar-refractivity contribution in [2.75, 3.05) is 0 Å². The number of fused-ring (bicyclic) bond motifs is 3. The molecule has 1 aliphatic rings. The first kappa shape index (κ1) is 10.8. The molecule has 3 aromatic heterocycles. The molecule has 0 fully saturated rings. The van der Waals surface area contributed by atoms with Gasteiger partial charge in [-0.15, -0.1) is 11.3 Å². The first-order valence-electron chi connectivity index (χ1n) is 6.05. The maximum atomic E-state index is 4.82. The number of pyridine rings is 1. The van der Waals surface area contributed by atoms with Crippen molar-refractivity contribution in [2.45, 2.75) is 19.8 Å². The molecule has 0 aliphatic heterocycles. The van der Waals surface area contributed by atoms with Crippen molar-refractivity contribution in [1.82, 2.24) is 20.3 Å². The fourth-order valence-electron chi connectivity index (χ4n) is 2.29. The van der Waals surface area contributed by atoms with Crippen LogP contribution in [0.15, 0.2) is 23.1 Å². The van der Waals surface area contributed by atoms with E-state index < -0.39 is 0 Å². The van der Waals surface area contributed by atoms with Crippen molar-refractivity contribution < 1.29 is 4.63 Å². The zero-order valence-electron chi connectivity index (χ0n) is 10.3. The summed E-state index contributed by atoms with van der Waals surface area (Å²) in [6, 6.07) is 2.00. The van der Waals surface area contributed by atoms with Crippen molar-refractivity contribution >= 4 is 11.3 Å². The Morgan fingerprint density at radius 2 is 2.16 bits per heavy atom. The van der Waals surface area contributed by atoms with E-state index >= 15 is 0 Å². The van der Waals surface area contributed by atoms with E-state index in [4.69, 9.17) is 9.61 Å². The lowest BCUT2D eigenvalue weighted by Crippen LogP contribution is -2.01. The second kappa shape index (κ2) is 3.96. The molecule has 3 heterocycles. The molecular formula is C13H10N4OS. The van der Waals surface area contributed by atoms with Crippen LogP contribution in [0.4, 0.5) is 0 Å². The number of hydrogen-bond acceptors (Lipinski definition) is 6. The van der Waals surface area contributed by atoms with E-state index in [1.807, 2.05) is 12.3 Å². The first-order chi connectivity index (χ1) is 9.33. The van der Waals surface area contributed by atoms with E-state index in [0.29, 0.717) is 0 Å². The predicted octanol–water partition coefficient (Wildman–Crippen LogP) is 2.66. The summed E-state index contributed by atoms with van der Waals surface area (Å²) in [5.41, 5.74) is 4.89. The maximum Gasteiger partial charge on any atom is 0.157 e. The zero-order valence-corrected chi connectivity index (χ0v) is 11.1. The Bertz CT molecular complexity index is 762. The lowest BCUT2D eigenvalue weighted by atomic mass is 10.0. The van der Waals surface area contributed by atoms with Crippen molar-refractivity contribution in [3.05, 3.63) is 34.6 Å². The first-order valence-corrected chi connectivity index (χ1v) is 6.87. The minimum absolute atomic E-state index is 0.797. The monoisotopic (exact) mass is 270 g/mol. The van der Waals surface area contributed by atoms with Crippen LogP contribution in [0.1, 0.15) is 16.1 Å². The quantitative estimate of drug-likeness (QED) is 0.680. The summed E-state index contributed by atoms with van der Waals surface area (Å²) in [7, 11) is 0. The minimum atomic E-state index is 0.797. The molecule has 4 rings (SSSR count). The van der Waals surface area contributed by atoms with Crippen LogP contribution < -0.4 is 0 Å². The Morgan fingerprint density at radius 3 is 3.05 bits per heavy atom. The Kier molecular flexibility index (Phi) is 2.25. The van der Waals surface area contributed by atoms with Gasteiger partial charge in [-0.05, 0) is 30.1 Å². The van der Waals surface area contributed by atoms with Crippen LogP contribution >= 0.6 is 11.3 Å². The van der Waals surface area contributed by atoms with E-state index in [1.165, 1.54) is 10.4 Å². The Morgan fingerprint density at radius 1 is 1.21 bits per heavy atom. The Labute approximate surface area is 113 Å². The highest BCUT2D eigenvalue weighted by atomic mass is 32.1. The average molecular weight is 270 g/mol. The van der Waals surface area contributed by atoms with E-state index in [9.17, 15) is 0 Å². The summed E-state index contributed by atoms with van der Waals surface area (Å²) in [6.07, 6.45) is 5.49. The van der Waals surface area contributed by atoms with Gasteiger partial charge < -0.3 is 0 Å². The van der Waals surface area contributed by atoms with Gasteiger partial charge in [0.2, 0.25) is 0 Å². The van der Waals surface area contributed by atoms with Gasteiger partial charge in [-0.25, -0.2) is 9.61 Å². The standard InChI is InChI=1S/C13H10N4OS/c1-7-4-5-14-6-8(7)13-15-12-10(19-13)3-2-9-11(12)17-18-16-9/h4-6H,2-3H2,1H3. The van der Waals surface area contributed by atoms with E-state index in [0.717, 1.165) is 40.5 Å². The highest BCUT2D eigenvalue weighted by Crippen LogP contribution is 2.38. The highest BCUT2D eigenvalue weighted by molar-refractivity contribution is 7.15. The number of thiazole rings is 1. The van der Waals surface area contributed by atoms with Crippen molar-refractivity contribution in [3.63, 3.8) is 0 Å².